The fourth-order valence-corrected chi connectivity index (χ4v) is 2.70. The van der Waals surface area contributed by atoms with Gasteiger partial charge in [-0.2, -0.15) is 0 Å². The molecule has 0 heterocycles. The molecule has 6 N–H and O–H groups in total. The van der Waals surface area contributed by atoms with Crippen LogP contribution in [0.5, 0.6) is 11.5 Å². The van der Waals surface area contributed by atoms with Crippen LogP contribution in [0.15, 0.2) is 54.6 Å². The first-order valence-corrected chi connectivity index (χ1v) is 9.41. The average Bonchev–Trinajstić information content (AvgIpc) is 2.73. The number of unbranched alkanes of at least 4 members (excludes halogenated alkanes) is 1. The van der Waals surface area contributed by atoms with Gasteiger partial charge in [-0.15, -0.1) is 0 Å². The van der Waals surface area contributed by atoms with Gasteiger partial charge < -0.3 is 26.8 Å². The van der Waals surface area contributed by atoms with Gasteiger partial charge in [0.1, 0.15) is 11.5 Å². The predicted octanol–water partition coefficient (Wildman–Crippen LogP) is 1.84. The number of hydrogen-bond acceptors (Lipinski definition) is 5. The molecule has 0 aromatic heterocycles. The molecule has 1 unspecified atom stereocenters. The van der Waals surface area contributed by atoms with Crippen molar-refractivity contribution in [3.05, 3.63) is 60.2 Å². The van der Waals surface area contributed by atoms with E-state index in [1.807, 2.05) is 54.6 Å². The first-order valence-electron chi connectivity index (χ1n) is 9.41. The van der Waals surface area contributed by atoms with Gasteiger partial charge in [0.2, 0.25) is 11.8 Å². The molecule has 0 bridgehead atoms. The van der Waals surface area contributed by atoms with Crippen LogP contribution < -0.4 is 26.8 Å². The molecule has 0 saturated heterocycles. The molecule has 2 aromatic carbocycles. The monoisotopic (exact) mass is 384 g/mol. The summed E-state index contributed by atoms with van der Waals surface area (Å²) in [6, 6.07) is 17.0. The van der Waals surface area contributed by atoms with E-state index in [9.17, 15) is 9.59 Å². The summed E-state index contributed by atoms with van der Waals surface area (Å²) in [6.07, 6.45) is 2.52. The van der Waals surface area contributed by atoms with Crippen molar-refractivity contribution < 1.29 is 14.3 Å². The van der Waals surface area contributed by atoms with Gasteiger partial charge in [0, 0.05) is 0 Å². The Labute approximate surface area is 165 Å². The third-order valence-electron chi connectivity index (χ3n) is 4.18. The lowest BCUT2D eigenvalue weighted by molar-refractivity contribution is -0.125. The number of benzene rings is 2. The van der Waals surface area contributed by atoms with E-state index in [2.05, 4.69) is 10.6 Å². The number of amides is 2. The molecule has 0 aliphatic rings. The van der Waals surface area contributed by atoms with Crippen LogP contribution in [0.25, 0.3) is 0 Å². The molecule has 0 aliphatic carbocycles. The Morgan fingerprint density at radius 2 is 1.57 bits per heavy atom. The van der Waals surface area contributed by atoms with Crippen molar-refractivity contribution in [1.29, 1.82) is 0 Å². The molecule has 0 radical (unpaired) electrons. The molecule has 2 rings (SSSR count). The van der Waals surface area contributed by atoms with Crippen LogP contribution in [-0.4, -0.2) is 31.4 Å². The first kappa shape index (κ1) is 21.4. The molecule has 7 heteroatoms. The molecule has 2 amide bonds. The highest BCUT2D eigenvalue weighted by Gasteiger charge is 2.15. The standard InChI is InChI=1S/C21H28N4O3/c22-13-5-4-8-19(25-21(27)15-24-20(26)14-23)16-9-11-18(12-10-16)28-17-6-2-1-3-7-17/h1-3,6-7,9-12,19H,4-5,8,13-15,22-23H2,(H,24,26)(H,25,27). The van der Waals surface area contributed by atoms with Crippen molar-refractivity contribution in [2.75, 3.05) is 19.6 Å². The van der Waals surface area contributed by atoms with Gasteiger partial charge in [-0.05, 0) is 55.6 Å². The van der Waals surface area contributed by atoms with Crippen LogP contribution in [0.2, 0.25) is 0 Å². The van der Waals surface area contributed by atoms with Crippen LogP contribution in [-0.2, 0) is 9.59 Å². The summed E-state index contributed by atoms with van der Waals surface area (Å²) in [7, 11) is 0. The number of rotatable bonds is 11. The Morgan fingerprint density at radius 3 is 2.21 bits per heavy atom. The minimum atomic E-state index is -0.364. The van der Waals surface area contributed by atoms with Gasteiger partial charge in [0.25, 0.3) is 0 Å². The maximum Gasteiger partial charge on any atom is 0.239 e. The molecule has 7 nitrogen and oxygen atoms in total. The van der Waals surface area contributed by atoms with E-state index < -0.39 is 0 Å². The van der Waals surface area contributed by atoms with Crippen LogP contribution >= 0.6 is 0 Å². The minimum Gasteiger partial charge on any atom is -0.457 e. The van der Waals surface area contributed by atoms with Gasteiger partial charge in [-0.1, -0.05) is 30.3 Å². The van der Waals surface area contributed by atoms with Crippen molar-refractivity contribution in [3.8, 4) is 11.5 Å². The fraction of sp³-hybridized carbons (Fsp3) is 0.333. The Balaban J connectivity index is 2.00. The summed E-state index contributed by atoms with van der Waals surface area (Å²) >= 11 is 0. The van der Waals surface area contributed by atoms with E-state index in [-0.39, 0.29) is 30.9 Å². The van der Waals surface area contributed by atoms with E-state index in [0.717, 1.165) is 36.3 Å². The van der Waals surface area contributed by atoms with Gasteiger partial charge >= 0.3 is 0 Å². The maximum atomic E-state index is 12.2. The molecule has 1 atom stereocenters. The normalized spacial score (nSPS) is 11.5. The summed E-state index contributed by atoms with van der Waals surface area (Å²) in [5.41, 5.74) is 11.8. The zero-order valence-electron chi connectivity index (χ0n) is 15.9. The number of carbonyl (C=O) groups excluding carboxylic acids is 2. The van der Waals surface area contributed by atoms with E-state index >= 15 is 0 Å². The third-order valence-corrected chi connectivity index (χ3v) is 4.18. The summed E-state index contributed by atoms with van der Waals surface area (Å²) in [5, 5.41) is 5.44. The molecule has 28 heavy (non-hydrogen) atoms. The van der Waals surface area contributed by atoms with Crippen molar-refractivity contribution >= 4 is 11.8 Å². The lowest BCUT2D eigenvalue weighted by Gasteiger charge is -2.20. The highest BCUT2D eigenvalue weighted by Crippen LogP contribution is 2.25. The van der Waals surface area contributed by atoms with Crippen LogP contribution in [0.4, 0.5) is 0 Å². The highest BCUT2D eigenvalue weighted by molar-refractivity contribution is 5.85. The topological polar surface area (TPSA) is 119 Å². The van der Waals surface area contributed by atoms with Gasteiger partial charge in [-0.3, -0.25) is 9.59 Å². The zero-order chi connectivity index (χ0) is 20.2. The van der Waals surface area contributed by atoms with Crippen LogP contribution in [0.1, 0.15) is 30.9 Å². The number of ether oxygens (including phenoxy) is 1. The molecule has 2 aromatic rings. The number of para-hydroxylation sites is 1. The van der Waals surface area contributed by atoms with Crippen LogP contribution in [0.3, 0.4) is 0 Å². The quantitative estimate of drug-likeness (QED) is 0.441. The Hall–Kier alpha value is -2.90. The van der Waals surface area contributed by atoms with E-state index in [0.29, 0.717) is 6.54 Å². The Kier molecular flexibility index (Phi) is 8.97. The Bertz CT molecular complexity index is 735. The molecule has 0 spiro atoms. The number of hydrogen-bond donors (Lipinski definition) is 4. The molecule has 0 aliphatic heterocycles. The molecular formula is C21H28N4O3. The fourth-order valence-electron chi connectivity index (χ4n) is 2.70. The van der Waals surface area contributed by atoms with Crippen molar-refractivity contribution in [1.82, 2.24) is 10.6 Å². The second kappa shape index (κ2) is 11.7. The predicted molar refractivity (Wildman–Crippen MR) is 109 cm³/mol. The summed E-state index contributed by atoms with van der Waals surface area (Å²) < 4.78 is 5.81. The van der Waals surface area contributed by atoms with E-state index in [1.54, 1.807) is 0 Å². The molecule has 0 fully saturated rings. The zero-order valence-corrected chi connectivity index (χ0v) is 15.9. The van der Waals surface area contributed by atoms with Crippen molar-refractivity contribution in [2.24, 2.45) is 11.5 Å². The number of carbonyl (C=O) groups is 2. The average molecular weight is 384 g/mol. The summed E-state index contributed by atoms with van der Waals surface area (Å²) in [6.45, 7) is 0.367. The third kappa shape index (κ3) is 7.38. The largest absolute Gasteiger partial charge is 0.457 e. The van der Waals surface area contributed by atoms with Crippen LogP contribution in [0, 0.1) is 0 Å². The van der Waals surface area contributed by atoms with Crippen molar-refractivity contribution in [3.63, 3.8) is 0 Å². The van der Waals surface area contributed by atoms with Gasteiger partial charge in [0.15, 0.2) is 0 Å². The second-order valence-corrected chi connectivity index (χ2v) is 6.37. The van der Waals surface area contributed by atoms with Gasteiger partial charge in [-0.25, -0.2) is 0 Å². The maximum absolute atomic E-state index is 12.2. The SMILES string of the molecule is NCCCCC(NC(=O)CNC(=O)CN)c1ccc(Oc2ccccc2)cc1. The molecule has 150 valence electrons. The lowest BCUT2D eigenvalue weighted by atomic mass is 10.0. The second-order valence-electron chi connectivity index (χ2n) is 6.37. The Morgan fingerprint density at radius 1 is 0.893 bits per heavy atom. The van der Waals surface area contributed by atoms with Gasteiger partial charge in [0.05, 0.1) is 19.1 Å². The van der Waals surface area contributed by atoms with E-state index in [4.69, 9.17) is 16.2 Å². The molecule has 0 saturated carbocycles. The molecular weight excluding hydrogens is 356 g/mol. The summed E-state index contributed by atoms with van der Waals surface area (Å²) in [5.74, 6) is 0.859. The minimum absolute atomic E-state index is 0.0986. The first-order chi connectivity index (χ1) is 13.6. The lowest BCUT2D eigenvalue weighted by Crippen LogP contribution is -2.40. The number of nitrogens with one attached hydrogen (secondary N) is 2. The van der Waals surface area contributed by atoms with Crippen molar-refractivity contribution in [2.45, 2.75) is 25.3 Å². The van der Waals surface area contributed by atoms with E-state index in [1.165, 1.54) is 0 Å². The number of nitrogens with two attached hydrogens (primary N) is 2. The highest BCUT2D eigenvalue weighted by atomic mass is 16.5. The smallest absolute Gasteiger partial charge is 0.239 e. The summed E-state index contributed by atoms with van der Waals surface area (Å²) in [4.78, 5) is 23.4.